The number of amides is 3. The van der Waals surface area contributed by atoms with E-state index in [2.05, 4.69) is 10.6 Å². The number of hydrogen-bond acceptors (Lipinski definition) is 7. The van der Waals surface area contributed by atoms with Crippen LogP contribution in [0.15, 0.2) is 68.2 Å². The van der Waals surface area contributed by atoms with Crippen LogP contribution in [0.25, 0.3) is 22.5 Å². The Morgan fingerprint density at radius 3 is 2.28 bits per heavy atom. The lowest BCUT2D eigenvalue weighted by atomic mass is 10.1. The van der Waals surface area contributed by atoms with Gasteiger partial charge in [-0.15, -0.1) is 0 Å². The average molecular weight is 489 g/mol. The monoisotopic (exact) mass is 489 g/mol. The molecular formula is C26H23N3O7. The van der Waals surface area contributed by atoms with Crippen LogP contribution in [0, 0.1) is 6.92 Å². The second-order valence-electron chi connectivity index (χ2n) is 7.96. The topological polar surface area (TPSA) is 154 Å². The molecule has 3 amide bonds. The molecule has 0 bridgehead atoms. The quantitative estimate of drug-likeness (QED) is 0.344. The van der Waals surface area contributed by atoms with Crippen molar-refractivity contribution in [1.29, 1.82) is 0 Å². The SMILES string of the molecule is COc1ccc(-c2oc3c(=O)cc(C)oc3c2CC(=O)NCC(=O)Nc2ccc(C(N)=O)cc2)cc1. The normalized spacial score (nSPS) is 10.7. The van der Waals surface area contributed by atoms with Crippen LogP contribution in [-0.2, 0) is 16.0 Å². The molecule has 10 nitrogen and oxygen atoms in total. The lowest BCUT2D eigenvalue weighted by Gasteiger charge is -2.08. The van der Waals surface area contributed by atoms with Gasteiger partial charge in [0.25, 0.3) is 0 Å². The second kappa shape index (κ2) is 10.2. The Bertz CT molecular complexity index is 1500. The van der Waals surface area contributed by atoms with E-state index in [-0.39, 0.29) is 29.6 Å². The number of methoxy groups -OCH3 is 1. The minimum Gasteiger partial charge on any atom is -0.497 e. The van der Waals surface area contributed by atoms with Crippen LogP contribution >= 0.6 is 0 Å². The zero-order valence-corrected chi connectivity index (χ0v) is 19.5. The summed E-state index contributed by atoms with van der Waals surface area (Å²) in [6.07, 6.45) is -0.193. The predicted octanol–water partition coefficient (Wildman–Crippen LogP) is 2.77. The van der Waals surface area contributed by atoms with Gasteiger partial charge in [-0.3, -0.25) is 19.2 Å². The molecule has 4 aromatic rings. The molecule has 0 unspecified atom stereocenters. The fourth-order valence-corrected chi connectivity index (χ4v) is 3.62. The first-order valence-electron chi connectivity index (χ1n) is 10.9. The van der Waals surface area contributed by atoms with Crippen LogP contribution < -0.4 is 26.5 Å². The van der Waals surface area contributed by atoms with Crippen molar-refractivity contribution in [2.24, 2.45) is 5.73 Å². The van der Waals surface area contributed by atoms with Crippen molar-refractivity contribution in [3.05, 3.63) is 81.7 Å². The van der Waals surface area contributed by atoms with E-state index in [0.29, 0.717) is 39.6 Å². The molecule has 2 aromatic carbocycles. The number of nitrogens with one attached hydrogen (secondary N) is 2. The highest BCUT2D eigenvalue weighted by Crippen LogP contribution is 2.34. The molecule has 0 radical (unpaired) electrons. The number of rotatable bonds is 8. The number of fused-ring (bicyclic) bond motifs is 1. The van der Waals surface area contributed by atoms with Gasteiger partial charge in [-0.25, -0.2) is 0 Å². The van der Waals surface area contributed by atoms with Crippen LogP contribution in [0.5, 0.6) is 5.75 Å². The molecule has 0 saturated heterocycles. The van der Waals surface area contributed by atoms with E-state index in [0.717, 1.165) is 0 Å². The van der Waals surface area contributed by atoms with E-state index in [1.807, 2.05) is 0 Å². The first kappa shape index (κ1) is 24.3. The molecule has 2 aromatic heterocycles. The van der Waals surface area contributed by atoms with Gasteiger partial charge in [-0.1, -0.05) is 0 Å². The summed E-state index contributed by atoms with van der Waals surface area (Å²) >= 11 is 0. The van der Waals surface area contributed by atoms with Crippen molar-refractivity contribution in [2.45, 2.75) is 13.3 Å². The number of anilines is 1. The van der Waals surface area contributed by atoms with E-state index < -0.39 is 17.7 Å². The highest BCUT2D eigenvalue weighted by Gasteiger charge is 2.23. The van der Waals surface area contributed by atoms with Crippen LogP contribution in [-0.4, -0.2) is 31.4 Å². The third-order valence-corrected chi connectivity index (χ3v) is 5.37. The summed E-state index contributed by atoms with van der Waals surface area (Å²) in [6.45, 7) is 1.33. The zero-order chi connectivity index (χ0) is 25.8. The highest BCUT2D eigenvalue weighted by molar-refractivity contribution is 5.97. The number of furan rings is 1. The lowest BCUT2D eigenvalue weighted by Crippen LogP contribution is -2.33. The van der Waals surface area contributed by atoms with Gasteiger partial charge < -0.3 is 29.9 Å². The van der Waals surface area contributed by atoms with Crippen LogP contribution in [0.2, 0.25) is 0 Å². The molecule has 0 aliphatic carbocycles. The van der Waals surface area contributed by atoms with Gasteiger partial charge in [0, 0.05) is 22.9 Å². The molecule has 0 saturated carbocycles. The highest BCUT2D eigenvalue weighted by atomic mass is 16.5. The smallest absolute Gasteiger partial charge is 0.248 e. The van der Waals surface area contributed by atoms with Gasteiger partial charge in [0.05, 0.1) is 25.6 Å². The lowest BCUT2D eigenvalue weighted by molar-refractivity contribution is -0.123. The van der Waals surface area contributed by atoms with Crippen molar-refractivity contribution in [2.75, 3.05) is 19.0 Å². The molecule has 0 aliphatic rings. The summed E-state index contributed by atoms with van der Waals surface area (Å²) < 4.78 is 16.8. The maximum atomic E-state index is 12.8. The third-order valence-electron chi connectivity index (χ3n) is 5.37. The zero-order valence-electron chi connectivity index (χ0n) is 19.5. The van der Waals surface area contributed by atoms with Crippen molar-refractivity contribution in [1.82, 2.24) is 5.32 Å². The molecule has 0 atom stereocenters. The third kappa shape index (κ3) is 5.27. The fourth-order valence-electron chi connectivity index (χ4n) is 3.62. The molecule has 4 rings (SSSR count). The van der Waals surface area contributed by atoms with Gasteiger partial charge in [0.1, 0.15) is 17.3 Å². The summed E-state index contributed by atoms with van der Waals surface area (Å²) in [7, 11) is 1.55. The van der Waals surface area contributed by atoms with Gasteiger partial charge in [-0.05, 0) is 55.5 Å². The Balaban J connectivity index is 1.52. The molecule has 0 aliphatic heterocycles. The fraction of sp³-hybridized carbons (Fsp3) is 0.154. The van der Waals surface area contributed by atoms with E-state index in [4.69, 9.17) is 19.3 Å². The first-order chi connectivity index (χ1) is 17.2. The molecule has 4 N–H and O–H groups in total. The van der Waals surface area contributed by atoms with Gasteiger partial charge in [-0.2, -0.15) is 0 Å². The molecular weight excluding hydrogens is 466 g/mol. The van der Waals surface area contributed by atoms with Crippen molar-refractivity contribution in [3.63, 3.8) is 0 Å². The number of nitrogens with two attached hydrogens (primary N) is 1. The van der Waals surface area contributed by atoms with Crippen LogP contribution in [0.1, 0.15) is 21.7 Å². The summed E-state index contributed by atoms with van der Waals surface area (Å²) in [4.78, 5) is 48.7. The van der Waals surface area contributed by atoms with Crippen molar-refractivity contribution in [3.8, 4) is 17.1 Å². The molecule has 10 heteroatoms. The molecule has 0 fully saturated rings. The van der Waals surface area contributed by atoms with E-state index in [1.165, 1.54) is 30.3 Å². The Morgan fingerprint density at radius 1 is 0.944 bits per heavy atom. The number of carbonyl (C=O) groups excluding carboxylic acids is 3. The Labute approximate surface area is 205 Å². The van der Waals surface area contributed by atoms with Gasteiger partial charge in [0.2, 0.25) is 28.7 Å². The summed E-state index contributed by atoms with van der Waals surface area (Å²) in [5.41, 5.74) is 6.79. The van der Waals surface area contributed by atoms with Crippen LogP contribution in [0.4, 0.5) is 5.69 Å². The maximum Gasteiger partial charge on any atom is 0.248 e. The number of primary amides is 1. The number of ether oxygens (including phenoxy) is 1. The van der Waals surface area contributed by atoms with Gasteiger partial charge >= 0.3 is 0 Å². The number of carbonyl (C=O) groups is 3. The van der Waals surface area contributed by atoms with Crippen molar-refractivity contribution >= 4 is 34.6 Å². The molecule has 184 valence electrons. The second-order valence-corrected chi connectivity index (χ2v) is 7.96. The number of benzene rings is 2. The Kier molecular flexibility index (Phi) is 6.86. The summed E-state index contributed by atoms with van der Waals surface area (Å²) in [5.74, 6) is -0.200. The summed E-state index contributed by atoms with van der Waals surface area (Å²) in [6, 6.07) is 14.3. The molecule has 36 heavy (non-hydrogen) atoms. The van der Waals surface area contributed by atoms with Crippen molar-refractivity contribution < 1.29 is 28.0 Å². The minimum absolute atomic E-state index is 0.00590. The number of aryl methyl sites for hydroxylation is 1. The van der Waals surface area contributed by atoms with Gasteiger partial charge in [0.15, 0.2) is 5.58 Å². The molecule has 0 spiro atoms. The minimum atomic E-state index is -0.577. The average Bonchev–Trinajstić information content (AvgIpc) is 3.21. The van der Waals surface area contributed by atoms with Crippen LogP contribution in [0.3, 0.4) is 0 Å². The molecule has 2 heterocycles. The first-order valence-corrected chi connectivity index (χ1v) is 10.9. The standard InChI is InChI=1S/C26H23N3O7/c1-14-11-20(30)25-24(35-14)19(23(36-25)15-5-9-18(34-2)10-6-15)12-21(31)28-13-22(32)29-17-7-3-16(4-8-17)26(27)33/h3-11H,12-13H2,1-2H3,(H2,27,33)(H,28,31)(H,29,32). The Morgan fingerprint density at radius 2 is 1.64 bits per heavy atom. The predicted molar refractivity (Wildman–Crippen MR) is 132 cm³/mol. The Hall–Kier alpha value is -4.86. The van der Waals surface area contributed by atoms with E-state index >= 15 is 0 Å². The summed E-state index contributed by atoms with van der Waals surface area (Å²) in [5, 5.41) is 5.17. The largest absolute Gasteiger partial charge is 0.497 e. The maximum absolute atomic E-state index is 12.8. The van der Waals surface area contributed by atoms with E-state index in [1.54, 1.807) is 38.3 Å². The number of hydrogen-bond donors (Lipinski definition) is 3. The van der Waals surface area contributed by atoms with E-state index in [9.17, 15) is 19.2 Å².